The molecular formula is C23H22N2O4. The zero-order valence-electron chi connectivity index (χ0n) is 16.3. The van der Waals surface area contributed by atoms with Crippen LogP contribution < -0.4 is 20.5 Å². The SMILES string of the molecule is COc1ccc(C(=O)Nc2ccc(C(N)=O)cc2)cc1COc1cccc(C)c1. The fourth-order valence-corrected chi connectivity index (χ4v) is 2.82. The number of anilines is 1. The van der Waals surface area contributed by atoms with Crippen LogP contribution in [0.1, 0.15) is 31.8 Å². The number of carbonyl (C=O) groups is 2. The van der Waals surface area contributed by atoms with E-state index >= 15 is 0 Å². The maximum atomic E-state index is 12.6. The summed E-state index contributed by atoms with van der Waals surface area (Å²) < 4.78 is 11.2. The molecule has 2 amide bonds. The van der Waals surface area contributed by atoms with Gasteiger partial charge in [-0.05, 0) is 67.1 Å². The highest BCUT2D eigenvalue weighted by Gasteiger charge is 2.12. The highest BCUT2D eigenvalue weighted by Crippen LogP contribution is 2.23. The minimum atomic E-state index is -0.517. The predicted molar refractivity (Wildman–Crippen MR) is 111 cm³/mol. The first kappa shape index (κ1) is 19.9. The van der Waals surface area contributed by atoms with Crippen LogP contribution in [-0.4, -0.2) is 18.9 Å². The summed E-state index contributed by atoms with van der Waals surface area (Å²) >= 11 is 0. The van der Waals surface area contributed by atoms with Gasteiger partial charge in [0.1, 0.15) is 18.1 Å². The number of rotatable bonds is 7. The molecule has 0 atom stereocenters. The quantitative estimate of drug-likeness (QED) is 0.639. The fourth-order valence-electron chi connectivity index (χ4n) is 2.82. The van der Waals surface area contributed by atoms with Gasteiger partial charge in [-0.15, -0.1) is 0 Å². The third kappa shape index (κ3) is 5.13. The van der Waals surface area contributed by atoms with Crippen molar-refractivity contribution in [1.82, 2.24) is 0 Å². The van der Waals surface area contributed by atoms with Gasteiger partial charge < -0.3 is 20.5 Å². The van der Waals surface area contributed by atoms with Gasteiger partial charge >= 0.3 is 0 Å². The largest absolute Gasteiger partial charge is 0.496 e. The average molecular weight is 390 g/mol. The molecule has 0 aliphatic carbocycles. The number of methoxy groups -OCH3 is 1. The molecule has 0 bridgehead atoms. The molecule has 0 aliphatic rings. The normalized spacial score (nSPS) is 10.3. The molecule has 0 aromatic heterocycles. The molecule has 0 saturated carbocycles. The van der Waals surface area contributed by atoms with Gasteiger partial charge in [0.2, 0.25) is 5.91 Å². The van der Waals surface area contributed by atoms with Crippen molar-refractivity contribution in [1.29, 1.82) is 0 Å². The van der Waals surface area contributed by atoms with Crippen molar-refractivity contribution in [2.24, 2.45) is 5.73 Å². The van der Waals surface area contributed by atoms with Gasteiger partial charge in [-0.25, -0.2) is 0 Å². The Morgan fingerprint density at radius 1 is 0.966 bits per heavy atom. The van der Waals surface area contributed by atoms with Gasteiger partial charge in [0.15, 0.2) is 0 Å². The van der Waals surface area contributed by atoms with Crippen LogP contribution in [0.2, 0.25) is 0 Å². The summed E-state index contributed by atoms with van der Waals surface area (Å²) in [5.41, 5.74) is 8.49. The van der Waals surface area contributed by atoms with E-state index in [1.807, 2.05) is 31.2 Å². The van der Waals surface area contributed by atoms with Gasteiger partial charge in [-0.1, -0.05) is 12.1 Å². The summed E-state index contributed by atoms with van der Waals surface area (Å²) in [6, 6.07) is 19.3. The maximum Gasteiger partial charge on any atom is 0.255 e. The number of ether oxygens (including phenoxy) is 2. The predicted octanol–water partition coefficient (Wildman–Crippen LogP) is 3.93. The lowest BCUT2D eigenvalue weighted by Crippen LogP contribution is -2.14. The number of benzene rings is 3. The number of hydrogen-bond acceptors (Lipinski definition) is 4. The lowest BCUT2D eigenvalue weighted by atomic mass is 10.1. The molecule has 0 heterocycles. The van der Waals surface area contributed by atoms with Crippen LogP contribution in [0, 0.1) is 6.92 Å². The van der Waals surface area contributed by atoms with Crippen LogP contribution in [0.5, 0.6) is 11.5 Å². The molecule has 3 N–H and O–H groups in total. The molecule has 148 valence electrons. The van der Waals surface area contributed by atoms with Gasteiger partial charge in [0.25, 0.3) is 5.91 Å². The van der Waals surface area contributed by atoms with Crippen LogP contribution >= 0.6 is 0 Å². The summed E-state index contributed by atoms with van der Waals surface area (Å²) in [7, 11) is 1.57. The van der Waals surface area contributed by atoms with Gasteiger partial charge in [-0.3, -0.25) is 9.59 Å². The summed E-state index contributed by atoms with van der Waals surface area (Å²) in [5, 5.41) is 2.80. The number of amides is 2. The zero-order valence-corrected chi connectivity index (χ0v) is 16.3. The van der Waals surface area contributed by atoms with Crippen molar-refractivity contribution in [3.63, 3.8) is 0 Å². The third-order valence-electron chi connectivity index (χ3n) is 4.35. The maximum absolute atomic E-state index is 12.6. The van der Waals surface area contributed by atoms with E-state index in [0.717, 1.165) is 16.9 Å². The monoisotopic (exact) mass is 390 g/mol. The van der Waals surface area contributed by atoms with E-state index in [1.54, 1.807) is 49.6 Å². The van der Waals surface area contributed by atoms with Gasteiger partial charge in [-0.2, -0.15) is 0 Å². The first-order valence-electron chi connectivity index (χ1n) is 9.04. The number of aryl methyl sites for hydroxylation is 1. The first-order valence-corrected chi connectivity index (χ1v) is 9.04. The molecule has 0 saturated heterocycles. The Hall–Kier alpha value is -3.80. The first-order chi connectivity index (χ1) is 14.0. The molecule has 6 nitrogen and oxygen atoms in total. The second kappa shape index (κ2) is 8.93. The summed E-state index contributed by atoms with van der Waals surface area (Å²) in [4.78, 5) is 23.8. The molecule has 0 spiro atoms. The summed E-state index contributed by atoms with van der Waals surface area (Å²) in [6.45, 7) is 2.26. The van der Waals surface area contributed by atoms with E-state index in [1.165, 1.54) is 0 Å². The highest BCUT2D eigenvalue weighted by molar-refractivity contribution is 6.04. The molecule has 0 aliphatic heterocycles. The smallest absolute Gasteiger partial charge is 0.255 e. The van der Waals surface area contributed by atoms with E-state index in [0.29, 0.717) is 22.6 Å². The number of hydrogen-bond donors (Lipinski definition) is 2. The molecule has 29 heavy (non-hydrogen) atoms. The lowest BCUT2D eigenvalue weighted by molar-refractivity contribution is 0.0998. The molecule has 3 aromatic rings. The second-order valence-corrected chi connectivity index (χ2v) is 6.53. The Balaban J connectivity index is 1.74. The topological polar surface area (TPSA) is 90.6 Å². The Morgan fingerprint density at radius 2 is 1.69 bits per heavy atom. The van der Waals surface area contributed by atoms with Crippen molar-refractivity contribution in [3.05, 3.63) is 89.0 Å². The molecular weight excluding hydrogens is 368 g/mol. The van der Waals surface area contributed by atoms with Crippen molar-refractivity contribution in [2.45, 2.75) is 13.5 Å². The Kier molecular flexibility index (Phi) is 6.14. The average Bonchev–Trinajstić information content (AvgIpc) is 2.72. The van der Waals surface area contributed by atoms with E-state index in [2.05, 4.69) is 5.32 Å². The Morgan fingerprint density at radius 3 is 2.34 bits per heavy atom. The number of nitrogens with one attached hydrogen (secondary N) is 1. The van der Waals surface area contributed by atoms with Crippen LogP contribution in [0.3, 0.4) is 0 Å². The number of nitrogens with two attached hydrogens (primary N) is 1. The Bertz CT molecular complexity index is 1030. The van der Waals surface area contributed by atoms with E-state index in [9.17, 15) is 9.59 Å². The molecule has 0 unspecified atom stereocenters. The van der Waals surface area contributed by atoms with Crippen LogP contribution in [0.25, 0.3) is 0 Å². The molecule has 6 heteroatoms. The van der Waals surface area contributed by atoms with Crippen molar-refractivity contribution < 1.29 is 19.1 Å². The molecule has 0 radical (unpaired) electrons. The molecule has 0 fully saturated rings. The van der Waals surface area contributed by atoms with Crippen molar-refractivity contribution in [2.75, 3.05) is 12.4 Å². The van der Waals surface area contributed by atoms with Gasteiger partial charge in [0.05, 0.1) is 7.11 Å². The van der Waals surface area contributed by atoms with Crippen molar-refractivity contribution >= 4 is 17.5 Å². The minimum Gasteiger partial charge on any atom is -0.496 e. The van der Waals surface area contributed by atoms with E-state index in [4.69, 9.17) is 15.2 Å². The summed E-state index contributed by atoms with van der Waals surface area (Å²) in [5.74, 6) is 0.587. The van der Waals surface area contributed by atoms with E-state index < -0.39 is 5.91 Å². The van der Waals surface area contributed by atoms with E-state index in [-0.39, 0.29) is 12.5 Å². The minimum absolute atomic E-state index is 0.265. The number of carbonyl (C=O) groups excluding carboxylic acids is 2. The highest BCUT2D eigenvalue weighted by atomic mass is 16.5. The standard InChI is InChI=1S/C23H22N2O4/c1-15-4-3-5-20(12-15)29-14-18-13-17(8-11-21(18)28-2)23(27)25-19-9-6-16(7-10-19)22(24)26/h3-13H,14H2,1-2H3,(H2,24,26)(H,25,27). The zero-order chi connectivity index (χ0) is 20.8. The lowest BCUT2D eigenvalue weighted by Gasteiger charge is -2.13. The second-order valence-electron chi connectivity index (χ2n) is 6.53. The molecule has 3 rings (SSSR count). The summed E-state index contributed by atoms with van der Waals surface area (Å²) in [6.07, 6.45) is 0. The van der Waals surface area contributed by atoms with Gasteiger partial charge in [0, 0.05) is 22.4 Å². The number of primary amides is 1. The van der Waals surface area contributed by atoms with Crippen LogP contribution in [0.15, 0.2) is 66.7 Å². The van der Waals surface area contributed by atoms with Crippen LogP contribution in [0.4, 0.5) is 5.69 Å². The van der Waals surface area contributed by atoms with Crippen LogP contribution in [-0.2, 0) is 6.61 Å². The van der Waals surface area contributed by atoms with Crippen molar-refractivity contribution in [3.8, 4) is 11.5 Å². The molecule has 3 aromatic carbocycles. The fraction of sp³-hybridized carbons (Fsp3) is 0.130. The third-order valence-corrected chi connectivity index (χ3v) is 4.35. The Labute approximate surface area is 169 Å².